The molecule has 0 amide bonds. The zero-order chi connectivity index (χ0) is 26.6. The molecule has 2 unspecified atom stereocenters. The molecular formula is C29H26N4O4S. The number of aryl methyl sites for hydroxylation is 2. The van der Waals surface area contributed by atoms with Gasteiger partial charge in [-0.25, -0.2) is 4.79 Å². The first-order valence-electron chi connectivity index (χ1n) is 12.3. The highest BCUT2D eigenvalue weighted by Gasteiger charge is 2.42. The lowest BCUT2D eigenvalue weighted by Crippen LogP contribution is -2.29. The second-order valence-corrected chi connectivity index (χ2v) is 9.89. The minimum absolute atomic E-state index is 0.192. The topological polar surface area (TPSA) is 88.8 Å². The van der Waals surface area contributed by atoms with E-state index in [-0.39, 0.29) is 24.4 Å². The molecule has 2 aliphatic rings. The molecule has 1 fully saturated rings. The molecule has 2 N–H and O–H groups in total. The lowest BCUT2D eigenvalue weighted by Gasteiger charge is -2.28. The Kier molecular flexibility index (Phi) is 5.80. The summed E-state index contributed by atoms with van der Waals surface area (Å²) >= 11 is 5.89. The standard InChI is InChI=1S/C29H26N4O4S/c1-16-7-8-19(28(34)35)13-23(16)32-17(2)12-21(18(32)3)27-26(22-6-4-5-11-30-22)31-29(38)33(27)20-9-10-24-25(14-20)37-15-36-24/h4-14,26-27H,15H2,1-3H3,(H,31,38)(H,34,35). The number of aromatic nitrogens is 2. The number of fused-ring (bicyclic) bond motifs is 1. The van der Waals surface area contributed by atoms with Crippen molar-refractivity contribution in [1.82, 2.24) is 14.9 Å². The number of anilines is 1. The number of thiocarbonyl (C=S) groups is 1. The molecule has 2 aromatic carbocycles. The molecule has 4 heterocycles. The quantitative estimate of drug-likeness (QED) is 0.334. The summed E-state index contributed by atoms with van der Waals surface area (Å²) in [6.45, 7) is 6.27. The van der Waals surface area contributed by atoms with Crippen molar-refractivity contribution in [1.29, 1.82) is 0 Å². The van der Waals surface area contributed by atoms with E-state index < -0.39 is 5.97 Å². The molecule has 4 aromatic rings. The summed E-state index contributed by atoms with van der Waals surface area (Å²) in [5.74, 6) is 0.428. The van der Waals surface area contributed by atoms with Gasteiger partial charge in [0.1, 0.15) is 0 Å². The third-order valence-electron chi connectivity index (χ3n) is 7.22. The predicted molar refractivity (Wildman–Crippen MR) is 147 cm³/mol. The van der Waals surface area contributed by atoms with Gasteiger partial charge >= 0.3 is 5.97 Å². The average Bonchev–Trinajstić information content (AvgIpc) is 3.59. The fourth-order valence-electron chi connectivity index (χ4n) is 5.43. The van der Waals surface area contributed by atoms with E-state index in [9.17, 15) is 9.90 Å². The lowest BCUT2D eigenvalue weighted by atomic mass is 9.96. The number of rotatable bonds is 5. The van der Waals surface area contributed by atoms with Crippen LogP contribution in [-0.4, -0.2) is 32.5 Å². The molecule has 0 aliphatic carbocycles. The van der Waals surface area contributed by atoms with Gasteiger partial charge in [-0.1, -0.05) is 12.1 Å². The van der Waals surface area contributed by atoms with Crippen LogP contribution < -0.4 is 19.7 Å². The normalized spacial score (nSPS) is 18.1. The molecule has 0 radical (unpaired) electrons. The smallest absolute Gasteiger partial charge is 0.335 e. The van der Waals surface area contributed by atoms with Gasteiger partial charge in [-0.15, -0.1) is 0 Å². The third-order valence-corrected chi connectivity index (χ3v) is 7.53. The minimum Gasteiger partial charge on any atom is -0.478 e. The van der Waals surface area contributed by atoms with E-state index in [0.29, 0.717) is 16.6 Å². The van der Waals surface area contributed by atoms with E-state index in [1.807, 2.05) is 56.3 Å². The van der Waals surface area contributed by atoms with Crippen molar-refractivity contribution in [2.75, 3.05) is 11.7 Å². The molecule has 2 aliphatic heterocycles. The molecule has 0 spiro atoms. The molecular weight excluding hydrogens is 500 g/mol. The molecule has 0 saturated carbocycles. The highest BCUT2D eigenvalue weighted by Crippen LogP contribution is 2.46. The number of ether oxygens (including phenoxy) is 2. The Labute approximate surface area is 225 Å². The Bertz CT molecular complexity index is 1580. The number of nitrogens with zero attached hydrogens (tertiary/aromatic N) is 3. The summed E-state index contributed by atoms with van der Waals surface area (Å²) < 4.78 is 13.3. The maximum Gasteiger partial charge on any atom is 0.335 e. The number of carbonyl (C=O) groups is 1. The van der Waals surface area contributed by atoms with Crippen LogP contribution in [0.3, 0.4) is 0 Å². The monoisotopic (exact) mass is 526 g/mol. The van der Waals surface area contributed by atoms with Crippen molar-refractivity contribution in [3.8, 4) is 17.2 Å². The van der Waals surface area contributed by atoms with Crippen molar-refractivity contribution in [2.45, 2.75) is 32.9 Å². The third kappa shape index (κ3) is 3.86. The first-order valence-corrected chi connectivity index (χ1v) is 12.7. The summed E-state index contributed by atoms with van der Waals surface area (Å²) in [6.07, 6.45) is 1.78. The summed E-state index contributed by atoms with van der Waals surface area (Å²) in [5, 5.41) is 13.7. The van der Waals surface area contributed by atoms with Crippen LogP contribution in [0.4, 0.5) is 5.69 Å². The maximum atomic E-state index is 11.7. The number of benzene rings is 2. The molecule has 2 aromatic heterocycles. The van der Waals surface area contributed by atoms with E-state index in [0.717, 1.165) is 39.6 Å². The van der Waals surface area contributed by atoms with Crippen LogP contribution in [0.2, 0.25) is 0 Å². The van der Waals surface area contributed by atoms with E-state index in [1.165, 1.54) is 0 Å². The van der Waals surface area contributed by atoms with Gasteiger partial charge in [0.05, 0.1) is 23.3 Å². The Morgan fingerprint density at radius 1 is 1.05 bits per heavy atom. The number of nitrogens with one attached hydrogen (secondary N) is 1. The fourth-order valence-corrected chi connectivity index (χ4v) is 5.77. The van der Waals surface area contributed by atoms with E-state index >= 15 is 0 Å². The van der Waals surface area contributed by atoms with Crippen molar-refractivity contribution >= 4 is 29.0 Å². The van der Waals surface area contributed by atoms with Gasteiger partial charge in [-0.2, -0.15) is 0 Å². The summed E-state index contributed by atoms with van der Waals surface area (Å²) in [5.41, 5.74) is 6.87. The Hall–Kier alpha value is -4.37. The number of pyridine rings is 1. The Balaban J connectivity index is 1.52. The molecule has 6 rings (SSSR count). The van der Waals surface area contributed by atoms with Crippen LogP contribution in [0, 0.1) is 20.8 Å². The van der Waals surface area contributed by atoms with Gasteiger partial charge < -0.3 is 29.4 Å². The van der Waals surface area contributed by atoms with Crippen LogP contribution >= 0.6 is 12.2 Å². The van der Waals surface area contributed by atoms with Crippen LogP contribution in [0.5, 0.6) is 11.5 Å². The SMILES string of the molecule is Cc1ccc(C(=O)O)cc1-n1c(C)cc(C2C(c3ccccn3)NC(=S)N2c2ccc3c(c2)OCO3)c1C. The summed E-state index contributed by atoms with van der Waals surface area (Å²) in [6, 6.07) is 18.6. The van der Waals surface area contributed by atoms with E-state index in [2.05, 4.69) is 32.8 Å². The number of carboxylic acid groups (broad SMARTS) is 1. The van der Waals surface area contributed by atoms with Crippen molar-refractivity contribution in [2.24, 2.45) is 0 Å². The van der Waals surface area contributed by atoms with Gasteiger partial charge in [0.25, 0.3) is 0 Å². The molecule has 1 saturated heterocycles. The Morgan fingerprint density at radius 2 is 1.87 bits per heavy atom. The first-order chi connectivity index (χ1) is 18.3. The lowest BCUT2D eigenvalue weighted by molar-refractivity contribution is 0.0697. The molecule has 0 bridgehead atoms. The average molecular weight is 527 g/mol. The molecule has 192 valence electrons. The van der Waals surface area contributed by atoms with Crippen LogP contribution in [0.25, 0.3) is 5.69 Å². The van der Waals surface area contributed by atoms with Gasteiger partial charge in [-0.05, 0) is 86.6 Å². The molecule has 8 nitrogen and oxygen atoms in total. The molecule has 38 heavy (non-hydrogen) atoms. The van der Waals surface area contributed by atoms with Gasteiger partial charge in [0.2, 0.25) is 6.79 Å². The van der Waals surface area contributed by atoms with Gasteiger partial charge in [0, 0.05) is 35.0 Å². The highest BCUT2D eigenvalue weighted by molar-refractivity contribution is 7.80. The van der Waals surface area contributed by atoms with E-state index in [4.69, 9.17) is 21.7 Å². The van der Waals surface area contributed by atoms with Crippen molar-refractivity contribution in [3.05, 3.63) is 101 Å². The van der Waals surface area contributed by atoms with Gasteiger partial charge in [-0.3, -0.25) is 4.98 Å². The number of hydrogen-bond acceptors (Lipinski definition) is 5. The highest BCUT2D eigenvalue weighted by atomic mass is 32.1. The first kappa shape index (κ1) is 24.0. The zero-order valence-corrected chi connectivity index (χ0v) is 22.0. The second kappa shape index (κ2) is 9.18. The predicted octanol–water partition coefficient (Wildman–Crippen LogP) is 5.40. The minimum atomic E-state index is -0.955. The van der Waals surface area contributed by atoms with Crippen molar-refractivity contribution < 1.29 is 19.4 Å². The summed E-state index contributed by atoms with van der Waals surface area (Å²) in [4.78, 5) is 18.5. The Morgan fingerprint density at radius 3 is 2.63 bits per heavy atom. The zero-order valence-electron chi connectivity index (χ0n) is 21.1. The molecule has 9 heteroatoms. The van der Waals surface area contributed by atoms with Crippen LogP contribution in [0.1, 0.15) is 50.7 Å². The number of carboxylic acids is 1. The maximum absolute atomic E-state index is 11.7. The van der Waals surface area contributed by atoms with E-state index in [1.54, 1.807) is 18.3 Å². The largest absolute Gasteiger partial charge is 0.478 e. The van der Waals surface area contributed by atoms with Crippen molar-refractivity contribution in [3.63, 3.8) is 0 Å². The van der Waals surface area contributed by atoms with Gasteiger partial charge in [0.15, 0.2) is 16.6 Å². The van der Waals surface area contributed by atoms with Crippen LogP contribution in [0.15, 0.2) is 66.9 Å². The fraction of sp³-hybridized carbons (Fsp3) is 0.207. The summed E-state index contributed by atoms with van der Waals surface area (Å²) in [7, 11) is 0. The molecule has 2 atom stereocenters. The number of hydrogen-bond donors (Lipinski definition) is 2. The number of aromatic carboxylic acids is 1. The van der Waals surface area contributed by atoms with Crippen LogP contribution in [-0.2, 0) is 0 Å². The second-order valence-electron chi connectivity index (χ2n) is 9.50.